The van der Waals surface area contributed by atoms with Crippen molar-refractivity contribution in [2.45, 2.75) is 31.8 Å². The van der Waals surface area contributed by atoms with Gasteiger partial charge in [-0.1, -0.05) is 12.1 Å². The van der Waals surface area contributed by atoms with Crippen LogP contribution in [0.2, 0.25) is 0 Å². The molecule has 0 spiro atoms. The quantitative estimate of drug-likeness (QED) is 0.426. The zero-order chi connectivity index (χ0) is 15.2. The van der Waals surface area contributed by atoms with Crippen molar-refractivity contribution in [3.63, 3.8) is 0 Å². The summed E-state index contributed by atoms with van der Waals surface area (Å²) < 4.78 is 11.1. The van der Waals surface area contributed by atoms with Gasteiger partial charge in [0, 0.05) is 33.2 Å². The lowest BCUT2D eigenvalue weighted by Crippen LogP contribution is -2.41. The summed E-state index contributed by atoms with van der Waals surface area (Å²) in [5.41, 5.74) is 2.67. The third kappa shape index (κ3) is 5.24. The number of nitrogens with zero attached hydrogens (tertiary/aromatic N) is 1. The average molecular weight is 431 g/mol. The molecule has 2 N–H and O–H groups in total. The summed E-state index contributed by atoms with van der Waals surface area (Å²) in [6.07, 6.45) is 4.65. The van der Waals surface area contributed by atoms with Crippen molar-refractivity contribution in [3.8, 4) is 5.75 Å². The van der Waals surface area contributed by atoms with Crippen LogP contribution in [0.3, 0.4) is 0 Å². The summed E-state index contributed by atoms with van der Waals surface area (Å²) in [5, 5.41) is 6.69. The van der Waals surface area contributed by atoms with Gasteiger partial charge in [0.2, 0.25) is 0 Å². The van der Waals surface area contributed by atoms with Gasteiger partial charge in [-0.05, 0) is 36.5 Å². The van der Waals surface area contributed by atoms with Gasteiger partial charge in [0.25, 0.3) is 0 Å². The van der Waals surface area contributed by atoms with E-state index in [2.05, 4.69) is 33.8 Å². The molecule has 1 aromatic rings. The van der Waals surface area contributed by atoms with Crippen LogP contribution in [-0.2, 0) is 17.6 Å². The molecule has 0 bridgehead atoms. The van der Waals surface area contributed by atoms with E-state index in [4.69, 9.17) is 9.47 Å². The van der Waals surface area contributed by atoms with Crippen LogP contribution in [0.5, 0.6) is 5.75 Å². The summed E-state index contributed by atoms with van der Waals surface area (Å²) in [6.45, 7) is 3.40. The fraction of sp³-hybridized carbons (Fsp3) is 0.588. The van der Waals surface area contributed by atoms with Crippen molar-refractivity contribution < 1.29 is 9.47 Å². The van der Waals surface area contributed by atoms with E-state index >= 15 is 0 Å². The monoisotopic (exact) mass is 431 g/mol. The Morgan fingerprint density at radius 1 is 1.30 bits per heavy atom. The molecule has 1 fully saturated rings. The van der Waals surface area contributed by atoms with Gasteiger partial charge < -0.3 is 20.1 Å². The second kappa shape index (κ2) is 9.32. The van der Waals surface area contributed by atoms with E-state index in [1.54, 1.807) is 7.05 Å². The van der Waals surface area contributed by atoms with Gasteiger partial charge in [-0.15, -0.1) is 24.0 Å². The number of rotatable bonds is 5. The lowest BCUT2D eigenvalue weighted by atomic mass is 10.1. The minimum Gasteiger partial charge on any atom is -0.493 e. The molecule has 0 aliphatic carbocycles. The first-order valence-corrected chi connectivity index (χ1v) is 8.16. The molecule has 0 radical (unpaired) electrons. The van der Waals surface area contributed by atoms with Gasteiger partial charge in [-0.25, -0.2) is 0 Å². The number of aliphatic imine (C=N–C) groups is 1. The molecule has 0 aromatic heterocycles. The number of ether oxygens (including phenoxy) is 2. The van der Waals surface area contributed by atoms with Gasteiger partial charge in [-0.2, -0.15) is 0 Å². The predicted octanol–water partition coefficient (Wildman–Crippen LogP) is 2.13. The number of fused-ring (bicyclic) bond motifs is 1. The van der Waals surface area contributed by atoms with Gasteiger partial charge in [0.05, 0.1) is 12.7 Å². The Morgan fingerprint density at radius 3 is 3.00 bits per heavy atom. The molecule has 23 heavy (non-hydrogen) atoms. The van der Waals surface area contributed by atoms with Gasteiger partial charge in [0.1, 0.15) is 5.75 Å². The van der Waals surface area contributed by atoms with Crippen LogP contribution in [0.15, 0.2) is 23.2 Å². The van der Waals surface area contributed by atoms with Crippen LogP contribution in [-0.4, -0.2) is 45.4 Å². The zero-order valence-corrected chi connectivity index (χ0v) is 16.0. The fourth-order valence-electron chi connectivity index (χ4n) is 2.96. The largest absolute Gasteiger partial charge is 0.493 e. The van der Waals surface area contributed by atoms with Crippen LogP contribution >= 0.6 is 24.0 Å². The number of guanidine groups is 1. The Labute approximate surface area is 155 Å². The van der Waals surface area contributed by atoms with Crippen molar-refractivity contribution in [2.75, 3.05) is 33.4 Å². The number of hydrogen-bond acceptors (Lipinski definition) is 3. The molecule has 1 unspecified atom stereocenters. The van der Waals surface area contributed by atoms with E-state index < -0.39 is 0 Å². The van der Waals surface area contributed by atoms with Crippen LogP contribution in [0.4, 0.5) is 0 Å². The number of hydrogen-bond donors (Lipinski definition) is 2. The smallest absolute Gasteiger partial charge is 0.191 e. The molecule has 1 aromatic carbocycles. The van der Waals surface area contributed by atoms with Gasteiger partial charge in [0.15, 0.2) is 5.96 Å². The Balaban J connectivity index is 0.00000192. The maximum Gasteiger partial charge on any atom is 0.191 e. The molecule has 0 saturated carbocycles. The summed E-state index contributed by atoms with van der Waals surface area (Å²) in [6, 6.07) is 6.49. The van der Waals surface area contributed by atoms with E-state index in [0.29, 0.717) is 6.10 Å². The SMILES string of the molecule is CN=C(NCCc1ccc2c(c1)CCO2)NCC1CCCO1.I. The predicted molar refractivity (Wildman–Crippen MR) is 103 cm³/mol. The van der Waals surface area contributed by atoms with Gasteiger partial charge in [-0.3, -0.25) is 4.99 Å². The first kappa shape index (κ1) is 18.3. The normalized spacial score (nSPS) is 19.7. The van der Waals surface area contributed by atoms with Crippen LogP contribution < -0.4 is 15.4 Å². The Bertz CT molecular complexity index is 531. The second-order valence-electron chi connectivity index (χ2n) is 5.81. The fourth-order valence-corrected chi connectivity index (χ4v) is 2.96. The summed E-state index contributed by atoms with van der Waals surface area (Å²) >= 11 is 0. The zero-order valence-electron chi connectivity index (χ0n) is 13.6. The molecule has 3 rings (SSSR count). The van der Waals surface area contributed by atoms with E-state index in [1.165, 1.54) is 17.5 Å². The Hall–Kier alpha value is -1.02. The van der Waals surface area contributed by atoms with Crippen molar-refractivity contribution in [1.29, 1.82) is 0 Å². The van der Waals surface area contributed by atoms with Crippen molar-refractivity contribution in [3.05, 3.63) is 29.3 Å². The van der Waals surface area contributed by atoms with E-state index in [1.807, 2.05) is 0 Å². The summed E-state index contributed by atoms with van der Waals surface area (Å²) in [7, 11) is 1.80. The molecule has 1 saturated heterocycles. The molecule has 2 heterocycles. The molecule has 2 aliphatic heterocycles. The number of halogens is 1. The molecule has 1 atom stereocenters. The summed E-state index contributed by atoms with van der Waals surface area (Å²) in [4.78, 5) is 4.26. The second-order valence-corrected chi connectivity index (χ2v) is 5.81. The Kier molecular flexibility index (Phi) is 7.42. The highest BCUT2D eigenvalue weighted by atomic mass is 127. The molecule has 0 amide bonds. The number of benzene rings is 1. The molecule has 6 heteroatoms. The third-order valence-electron chi connectivity index (χ3n) is 4.20. The molecule has 2 aliphatic rings. The highest BCUT2D eigenvalue weighted by Gasteiger charge is 2.15. The maximum atomic E-state index is 5.61. The Morgan fingerprint density at radius 2 is 2.22 bits per heavy atom. The first-order valence-electron chi connectivity index (χ1n) is 8.16. The van der Waals surface area contributed by atoms with Gasteiger partial charge >= 0.3 is 0 Å². The van der Waals surface area contributed by atoms with E-state index in [0.717, 1.165) is 57.3 Å². The van der Waals surface area contributed by atoms with Crippen molar-refractivity contribution in [1.82, 2.24) is 10.6 Å². The van der Waals surface area contributed by atoms with Crippen LogP contribution in [0, 0.1) is 0 Å². The highest BCUT2D eigenvalue weighted by Crippen LogP contribution is 2.25. The lowest BCUT2D eigenvalue weighted by molar-refractivity contribution is 0.114. The topological polar surface area (TPSA) is 54.9 Å². The highest BCUT2D eigenvalue weighted by molar-refractivity contribution is 14.0. The molecule has 5 nitrogen and oxygen atoms in total. The molecular weight excluding hydrogens is 405 g/mol. The van der Waals surface area contributed by atoms with Crippen molar-refractivity contribution >= 4 is 29.9 Å². The average Bonchev–Trinajstić information content (AvgIpc) is 3.21. The van der Waals surface area contributed by atoms with E-state index in [9.17, 15) is 0 Å². The minimum absolute atomic E-state index is 0. The summed E-state index contributed by atoms with van der Waals surface area (Å²) in [5.74, 6) is 1.89. The first-order chi connectivity index (χ1) is 10.8. The van der Waals surface area contributed by atoms with E-state index in [-0.39, 0.29) is 24.0 Å². The third-order valence-corrected chi connectivity index (χ3v) is 4.20. The molecular formula is C17H26IN3O2. The minimum atomic E-state index is 0. The standard InChI is InChI=1S/C17H25N3O2.HI/c1-18-17(20-12-15-3-2-9-21-15)19-8-6-13-4-5-16-14(11-13)7-10-22-16;/h4-5,11,15H,2-3,6-10,12H2,1H3,(H2,18,19,20);1H. The number of nitrogens with one attached hydrogen (secondary N) is 2. The molecule has 128 valence electrons. The lowest BCUT2D eigenvalue weighted by Gasteiger charge is -2.15. The van der Waals surface area contributed by atoms with Crippen LogP contribution in [0.25, 0.3) is 0 Å². The van der Waals surface area contributed by atoms with Crippen LogP contribution in [0.1, 0.15) is 24.0 Å². The maximum absolute atomic E-state index is 5.61. The van der Waals surface area contributed by atoms with Crippen molar-refractivity contribution in [2.24, 2.45) is 4.99 Å².